The molecule has 7 nitrogen and oxygen atoms in total. The zero-order chi connectivity index (χ0) is 21.5. The molecule has 2 fully saturated rings. The lowest BCUT2D eigenvalue weighted by molar-refractivity contribution is -0.142. The number of carbonyl (C=O) groups excluding carboxylic acids is 1. The zero-order valence-electron chi connectivity index (χ0n) is 19.1. The number of rotatable bonds is 6. The zero-order valence-corrected chi connectivity index (χ0v) is 21.5. The molecular weight excluding hydrogens is 519 g/mol. The van der Waals surface area contributed by atoms with E-state index in [0.29, 0.717) is 6.61 Å². The van der Waals surface area contributed by atoms with E-state index < -0.39 is 0 Å². The highest BCUT2D eigenvalue weighted by Crippen LogP contribution is 2.32. The van der Waals surface area contributed by atoms with Crippen molar-refractivity contribution in [2.75, 3.05) is 53.0 Å². The fourth-order valence-corrected chi connectivity index (χ4v) is 4.83. The lowest BCUT2D eigenvalue weighted by Crippen LogP contribution is -2.55. The number of amides is 1. The summed E-state index contributed by atoms with van der Waals surface area (Å²) in [5, 5.41) is 3.46. The molecule has 0 radical (unpaired) electrons. The third kappa shape index (κ3) is 6.35. The number of hydrogen-bond donors (Lipinski definition) is 1. The van der Waals surface area contributed by atoms with Crippen LogP contribution < -0.4 is 5.32 Å². The van der Waals surface area contributed by atoms with Crippen LogP contribution in [0.3, 0.4) is 0 Å². The molecule has 0 bridgehead atoms. The van der Waals surface area contributed by atoms with Crippen LogP contribution in [0.5, 0.6) is 0 Å². The van der Waals surface area contributed by atoms with E-state index in [1.54, 1.807) is 0 Å². The van der Waals surface area contributed by atoms with Crippen LogP contribution in [0.4, 0.5) is 0 Å². The molecule has 2 aliphatic heterocycles. The van der Waals surface area contributed by atoms with Crippen LogP contribution in [0.2, 0.25) is 0 Å². The van der Waals surface area contributed by atoms with Gasteiger partial charge in [0.25, 0.3) is 5.91 Å². The molecule has 1 aromatic rings. The molecular formula is C24H37IN4O3. The van der Waals surface area contributed by atoms with E-state index >= 15 is 0 Å². The van der Waals surface area contributed by atoms with Gasteiger partial charge in [0.15, 0.2) is 5.96 Å². The van der Waals surface area contributed by atoms with E-state index in [2.05, 4.69) is 39.5 Å². The smallest absolute Gasteiger partial charge is 0.251 e. The molecule has 1 aliphatic carbocycles. The number of halogens is 1. The van der Waals surface area contributed by atoms with Gasteiger partial charge in [0.2, 0.25) is 0 Å². The summed E-state index contributed by atoms with van der Waals surface area (Å²) < 4.78 is 11.8. The molecule has 1 aromatic carbocycles. The Bertz CT molecular complexity index is 761. The van der Waals surface area contributed by atoms with E-state index in [1.165, 1.54) is 24.0 Å². The van der Waals surface area contributed by atoms with Crippen molar-refractivity contribution < 1.29 is 14.3 Å². The topological polar surface area (TPSA) is 66.4 Å². The molecule has 32 heavy (non-hydrogen) atoms. The average Bonchev–Trinajstić information content (AvgIpc) is 3.36. The van der Waals surface area contributed by atoms with Gasteiger partial charge < -0.3 is 24.6 Å². The Kier molecular flexibility index (Phi) is 10.1. The van der Waals surface area contributed by atoms with Crippen LogP contribution in [-0.2, 0) is 20.7 Å². The van der Waals surface area contributed by atoms with Crippen LogP contribution in [0.1, 0.15) is 49.3 Å². The highest BCUT2D eigenvalue weighted by Gasteiger charge is 2.30. The van der Waals surface area contributed by atoms with Crippen LogP contribution in [0.25, 0.3) is 0 Å². The number of nitrogens with zero attached hydrogens (tertiary/aromatic N) is 3. The molecule has 2 unspecified atom stereocenters. The number of ether oxygens (including phenoxy) is 2. The second kappa shape index (κ2) is 12.7. The quantitative estimate of drug-likeness (QED) is 0.253. The average molecular weight is 556 g/mol. The summed E-state index contributed by atoms with van der Waals surface area (Å²) >= 11 is 0. The van der Waals surface area contributed by atoms with E-state index in [4.69, 9.17) is 9.47 Å². The molecule has 2 atom stereocenters. The maximum absolute atomic E-state index is 12.5. The Hall–Kier alpha value is -1.39. The van der Waals surface area contributed by atoms with Crippen LogP contribution >= 0.6 is 24.0 Å². The molecule has 1 N–H and O–H groups in total. The molecule has 3 aliphatic rings. The van der Waals surface area contributed by atoms with Gasteiger partial charge in [-0.2, -0.15) is 0 Å². The van der Waals surface area contributed by atoms with Crippen molar-refractivity contribution >= 4 is 35.8 Å². The van der Waals surface area contributed by atoms with Crippen molar-refractivity contribution in [2.24, 2.45) is 4.99 Å². The minimum Gasteiger partial charge on any atom is -0.373 e. The number of nitrogens with one attached hydrogen (secondary N) is 1. The van der Waals surface area contributed by atoms with E-state index in [0.717, 1.165) is 71.0 Å². The van der Waals surface area contributed by atoms with Gasteiger partial charge in [0, 0.05) is 53.0 Å². The van der Waals surface area contributed by atoms with Crippen LogP contribution in [0.15, 0.2) is 29.3 Å². The van der Waals surface area contributed by atoms with E-state index in [9.17, 15) is 4.79 Å². The number of fused-ring (bicyclic) bond motifs is 1. The van der Waals surface area contributed by atoms with E-state index in [-0.39, 0.29) is 42.1 Å². The monoisotopic (exact) mass is 556 g/mol. The second-order valence-electron chi connectivity index (χ2n) is 8.59. The van der Waals surface area contributed by atoms with Crippen molar-refractivity contribution in [3.63, 3.8) is 0 Å². The second-order valence-corrected chi connectivity index (χ2v) is 8.59. The van der Waals surface area contributed by atoms with E-state index in [1.807, 2.05) is 11.9 Å². The molecule has 8 heteroatoms. The van der Waals surface area contributed by atoms with Gasteiger partial charge in [0.1, 0.15) is 6.10 Å². The van der Waals surface area contributed by atoms with Crippen molar-refractivity contribution in [2.45, 2.75) is 50.7 Å². The van der Waals surface area contributed by atoms with Crippen molar-refractivity contribution in [1.29, 1.82) is 0 Å². The molecule has 0 spiro atoms. The molecule has 1 amide bonds. The summed E-state index contributed by atoms with van der Waals surface area (Å²) in [5.41, 5.74) is 2.81. The Morgan fingerprint density at radius 2 is 1.94 bits per heavy atom. The first-order chi connectivity index (χ1) is 15.3. The third-order valence-electron chi connectivity index (χ3n) is 6.55. The standard InChI is InChI=1S/C24H36N4O3.HI/c1-25-24(28-15-13-27(14-16-28)23(29)22-11-5-17-31-22)26-12-6-18-30-21-10-4-8-19-7-2-3-9-20(19)21;/h2-3,7,9,21-22H,4-6,8,10-18H2,1H3,(H,25,26);1H. The molecule has 2 heterocycles. The number of aliphatic imine (C=N–C) groups is 1. The number of carbonyl (C=O) groups is 1. The van der Waals surface area contributed by atoms with Gasteiger partial charge in [-0.05, 0) is 49.7 Å². The first-order valence-corrected chi connectivity index (χ1v) is 11.8. The minimum atomic E-state index is -0.222. The normalized spacial score (nSPS) is 23.5. The SMILES string of the molecule is CN=C(NCCCOC1CCCc2ccccc21)N1CCN(C(=O)C2CCCO2)CC1.I. The lowest BCUT2D eigenvalue weighted by Gasteiger charge is -2.37. The summed E-state index contributed by atoms with van der Waals surface area (Å²) in [5.74, 6) is 1.06. The molecule has 2 saturated heterocycles. The molecule has 0 saturated carbocycles. The Labute approximate surface area is 208 Å². The summed E-state index contributed by atoms with van der Waals surface area (Å²) in [7, 11) is 1.82. The summed E-state index contributed by atoms with van der Waals surface area (Å²) in [6.45, 7) is 5.33. The summed E-state index contributed by atoms with van der Waals surface area (Å²) in [6, 6.07) is 8.67. The first kappa shape index (κ1) is 25.2. The first-order valence-electron chi connectivity index (χ1n) is 11.8. The third-order valence-corrected chi connectivity index (χ3v) is 6.55. The highest BCUT2D eigenvalue weighted by molar-refractivity contribution is 14.0. The summed E-state index contributed by atoms with van der Waals surface area (Å²) in [6.07, 6.45) is 6.28. The Morgan fingerprint density at radius 3 is 2.69 bits per heavy atom. The van der Waals surface area contributed by atoms with Gasteiger partial charge in [-0.25, -0.2) is 0 Å². The molecule has 0 aromatic heterocycles. The van der Waals surface area contributed by atoms with Crippen molar-refractivity contribution in [3.8, 4) is 0 Å². The molecule has 178 valence electrons. The number of hydrogen-bond acceptors (Lipinski definition) is 4. The van der Waals surface area contributed by atoms with Gasteiger partial charge in [-0.15, -0.1) is 24.0 Å². The van der Waals surface area contributed by atoms with Gasteiger partial charge in [-0.3, -0.25) is 9.79 Å². The van der Waals surface area contributed by atoms with Crippen molar-refractivity contribution in [1.82, 2.24) is 15.1 Å². The van der Waals surface area contributed by atoms with Gasteiger partial charge >= 0.3 is 0 Å². The highest BCUT2D eigenvalue weighted by atomic mass is 127. The van der Waals surface area contributed by atoms with Crippen LogP contribution in [-0.4, -0.2) is 80.8 Å². The number of piperazine rings is 1. The maximum Gasteiger partial charge on any atom is 0.251 e. The maximum atomic E-state index is 12.5. The molecule has 4 rings (SSSR count). The number of aryl methyl sites for hydroxylation is 1. The summed E-state index contributed by atoms with van der Waals surface area (Å²) in [4.78, 5) is 21.1. The Morgan fingerprint density at radius 1 is 1.16 bits per heavy atom. The van der Waals surface area contributed by atoms with Crippen LogP contribution in [0, 0.1) is 0 Å². The fourth-order valence-electron chi connectivity index (χ4n) is 4.83. The predicted octanol–water partition coefficient (Wildman–Crippen LogP) is 2.99. The fraction of sp³-hybridized carbons (Fsp3) is 0.667. The van der Waals surface area contributed by atoms with Gasteiger partial charge in [0.05, 0.1) is 6.10 Å². The number of benzene rings is 1. The number of guanidine groups is 1. The Balaban J connectivity index is 0.00000289. The van der Waals surface area contributed by atoms with Gasteiger partial charge in [-0.1, -0.05) is 24.3 Å². The van der Waals surface area contributed by atoms with Crippen molar-refractivity contribution in [3.05, 3.63) is 35.4 Å². The lowest BCUT2D eigenvalue weighted by atomic mass is 9.89. The predicted molar refractivity (Wildman–Crippen MR) is 137 cm³/mol. The minimum absolute atomic E-state index is 0. The largest absolute Gasteiger partial charge is 0.373 e.